The van der Waals surface area contributed by atoms with Gasteiger partial charge in [0.2, 0.25) is 5.91 Å². The van der Waals surface area contributed by atoms with Gasteiger partial charge in [-0.05, 0) is 42.5 Å². The van der Waals surface area contributed by atoms with Crippen LogP contribution in [0.5, 0.6) is 0 Å². The molecule has 3 amide bonds. The molecule has 0 saturated carbocycles. The van der Waals surface area contributed by atoms with Crippen molar-refractivity contribution in [3.63, 3.8) is 0 Å². The summed E-state index contributed by atoms with van der Waals surface area (Å²) in [5.41, 5.74) is 1.84. The Morgan fingerprint density at radius 1 is 1.14 bits per heavy atom. The van der Waals surface area contributed by atoms with E-state index in [9.17, 15) is 14.4 Å². The highest BCUT2D eigenvalue weighted by atomic mass is 35.5. The summed E-state index contributed by atoms with van der Waals surface area (Å²) in [5.74, 6) is -0.242. The number of thiol groups is 1. The van der Waals surface area contributed by atoms with Crippen molar-refractivity contribution in [1.82, 2.24) is 5.32 Å². The molecule has 2 aliphatic heterocycles. The van der Waals surface area contributed by atoms with Crippen LogP contribution in [0.25, 0.3) is 0 Å². The summed E-state index contributed by atoms with van der Waals surface area (Å²) < 4.78 is 5.36. The van der Waals surface area contributed by atoms with Crippen molar-refractivity contribution >= 4 is 53.5 Å². The van der Waals surface area contributed by atoms with E-state index in [2.05, 4.69) is 17.9 Å². The summed E-state index contributed by atoms with van der Waals surface area (Å²) in [5, 5.41) is 3.19. The summed E-state index contributed by atoms with van der Waals surface area (Å²) in [6.45, 7) is 1.19. The average molecular weight is 432 g/mol. The number of nitrogens with zero attached hydrogens (tertiary/aromatic N) is 2. The Labute approximate surface area is 178 Å². The van der Waals surface area contributed by atoms with Gasteiger partial charge in [0.25, 0.3) is 5.91 Å². The minimum Gasteiger partial charge on any atom is -0.442 e. The molecule has 2 aromatic rings. The monoisotopic (exact) mass is 431 g/mol. The molecule has 0 bridgehead atoms. The van der Waals surface area contributed by atoms with Gasteiger partial charge in [0.15, 0.2) is 0 Å². The normalized spacial score (nSPS) is 18.5. The lowest BCUT2D eigenvalue weighted by Crippen LogP contribution is -2.43. The molecule has 0 radical (unpaired) electrons. The Hall–Kier alpha value is -2.71. The molecular weight excluding hydrogens is 414 g/mol. The number of anilines is 2. The number of hydrogen-bond donors (Lipinski definition) is 2. The molecule has 0 aromatic heterocycles. The minimum absolute atomic E-state index is 0.0956. The Balaban J connectivity index is 1.36. The van der Waals surface area contributed by atoms with E-state index in [-0.39, 0.29) is 18.4 Å². The fraction of sp³-hybridized carbons (Fsp3) is 0.250. The second kappa shape index (κ2) is 7.96. The van der Waals surface area contributed by atoms with E-state index in [4.69, 9.17) is 16.3 Å². The van der Waals surface area contributed by atoms with Gasteiger partial charge in [-0.15, -0.1) is 12.6 Å². The van der Waals surface area contributed by atoms with Crippen molar-refractivity contribution in [2.75, 3.05) is 29.4 Å². The number of hydrogen-bond acceptors (Lipinski definition) is 5. The van der Waals surface area contributed by atoms with Crippen LogP contribution in [0, 0.1) is 0 Å². The van der Waals surface area contributed by atoms with Crippen LogP contribution in [-0.4, -0.2) is 43.6 Å². The first-order chi connectivity index (χ1) is 13.9. The molecule has 150 valence electrons. The molecule has 0 spiro atoms. The maximum atomic E-state index is 12.4. The SMILES string of the molecule is O=C(NC[C@H]1CN(c2ccc(N3CCC3=O)cc2)C(=O)O1)c1cc(Cl)ccc1S. The fourth-order valence-electron chi connectivity index (χ4n) is 3.23. The van der Waals surface area contributed by atoms with E-state index in [0.717, 1.165) is 5.69 Å². The fourth-order valence-corrected chi connectivity index (χ4v) is 3.64. The third-order valence-electron chi connectivity index (χ3n) is 4.89. The summed E-state index contributed by atoms with van der Waals surface area (Å²) in [6.07, 6.45) is -0.391. The van der Waals surface area contributed by atoms with Crippen LogP contribution in [0.4, 0.5) is 16.2 Å². The lowest BCUT2D eigenvalue weighted by atomic mass is 10.1. The predicted octanol–water partition coefficient (Wildman–Crippen LogP) is 3.12. The van der Waals surface area contributed by atoms with Gasteiger partial charge < -0.3 is 15.0 Å². The first-order valence-corrected chi connectivity index (χ1v) is 9.90. The maximum Gasteiger partial charge on any atom is 0.414 e. The highest BCUT2D eigenvalue weighted by Gasteiger charge is 2.33. The number of ether oxygens (including phenoxy) is 1. The van der Waals surface area contributed by atoms with E-state index in [0.29, 0.717) is 40.7 Å². The standard InChI is InChI=1S/C20H18ClN3O4S/c21-12-1-6-17(29)16(9-12)19(26)22-10-15-11-24(20(27)28-15)14-4-2-13(3-5-14)23-8-7-18(23)25/h1-6,9,15,29H,7-8,10-11H2,(H,22,26)/t15-/m0/s1. The van der Waals surface area contributed by atoms with Crippen LogP contribution < -0.4 is 15.1 Å². The zero-order valence-corrected chi connectivity index (χ0v) is 17.0. The van der Waals surface area contributed by atoms with E-state index in [1.165, 1.54) is 11.0 Å². The first kappa shape index (κ1) is 19.6. The zero-order valence-electron chi connectivity index (χ0n) is 15.3. The van der Waals surface area contributed by atoms with Crippen LogP contribution in [0.3, 0.4) is 0 Å². The predicted molar refractivity (Wildman–Crippen MR) is 112 cm³/mol. The van der Waals surface area contributed by atoms with Crippen LogP contribution >= 0.6 is 24.2 Å². The largest absolute Gasteiger partial charge is 0.442 e. The van der Waals surface area contributed by atoms with Gasteiger partial charge in [-0.3, -0.25) is 14.5 Å². The summed E-state index contributed by atoms with van der Waals surface area (Å²) >= 11 is 10.2. The molecule has 29 heavy (non-hydrogen) atoms. The molecule has 2 saturated heterocycles. The van der Waals surface area contributed by atoms with Crippen molar-refractivity contribution in [3.8, 4) is 0 Å². The third-order valence-corrected chi connectivity index (χ3v) is 5.52. The Morgan fingerprint density at radius 2 is 1.83 bits per heavy atom. The molecule has 1 atom stereocenters. The second-order valence-electron chi connectivity index (χ2n) is 6.80. The number of β-lactam (4-membered cyclic amide) rings is 1. The molecule has 0 unspecified atom stereocenters. The van der Waals surface area contributed by atoms with E-state index >= 15 is 0 Å². The van der Waals surface area contributed by atoms with Crippen molar-refractivity contribution < 1.29 is 19.1 Å². The Morgan fingerprint density at radius 3 is 2.45 bits per heavy atom. The van der Waals surface area contributed by atoms with Crippen LogP contribution in [-0.2, 0) is 9.53 Å². The van der Waals surface area contributed by atoms with Gasteiger partial charge in [-0.25, -0.2) is 4.79 Å². The number of carbonyl (C=O) groups is 3. The topological polar surface area (TPSA) is 79.0 Å². The highest BCUT2D eigenvalue weighted by Crippen LogP contribution is 2.27. The summed E-state index contributed by atoms with van der Waals surface area (Å²) in [7, 11) is 0. The van der Waals surface area contributed by atoms with Crippen molar-refractivity contribution in [2.24, 2.45) is 0 Å². The maximum absolute atomic E-state index is 12.4. The lowest BCUT2D eigenvalue weighted by molar-refractivity contribution is -0.122. The second-order valence-corrected chi connectivity index (χ2v) is 7.72. The molecule has 2 fully saturated rings. The number of cyclic esters (lactones) is 1. The Bertz CT molecular complexity index is 982. The van der Waals surface area contributed by atoms with E-state index < -0.39 is 12.2 Å². The Kier molecular flexibility index (Phi) is 5.38. The van der Waals surface area contributed by atoms with Gasteiger partial charge in [-0.1, -0.05) is 11.6 Å². The third kappa shape index (κ3) is 4.04. The van der Waals surface area contributed by atoms with Gasteiger partial charge in [0.05, 0.1) is 18.7 Å². The zero-order chi connectivity index (χ0) is 20.5. The number of benzene rings is 2. The number of nitrogens with one attached hydrogen (secondary N) is 1. The van der Waals surface area contributed by atoms with E-state index in [1.54, 1.807) is 29.2 Å². The molecule has 0 aliphatic carbocycles. The van der Waals surface area contributed by atoms with Gasteiger partial charge in [0.1, 0.15) is 6.10 Å². The molecule has 7 nitrogen and oxygen atoms in total. The molecular formula is C20H18ClN3O4S. The van der Waals surface area contributed by atoms with Crippen LogP contribution in [0.1, 0.15) is 16.8 Å². The summed E-state index contributed by atoms with van der Waals surface area (Å²) in [6, 6.07) is 12.0. The van der Waals surface area contributed by atoms with E-state index in [1.807, 2.05) is 12.1 Å². The van der Waals surface area contributed by atoms with Crippen LogP contribution in [0.2, 0.25) is 5.02 Å². The average Bonchev–Trinajstić information content (AvgIpc) is 3.08. The summed E-state index contributed by atoms with van der Waals surface area (Å²) in [4.78, 5) is 39.8. The van der Waals surface area contributed by atoms with Gasteiger partial charge >= 0.3 is 6.09 Å². The van der Waals surface area contributed by atoms with Crippen molar-refractivity contribution in [1.29, 1.82) is 0 Å². The molecule has 2 aliphatic rings. The highest BCUT2D eigenvalue weighted by molar-refractivity contribution is 7.80. The number of carbonyl (C=O) groups excluding carboxylic acids is 3. The van der Waals surface area contributed by atoms with Crippen molar-refractivity contribution in [3.05, 3.63) is 53.1 Å². The first-order valence-electron chi connectivity index (χ1n) is 9.07. The minimum atomic E-state index is -0.481. The number of amides is 3. The van der Waals surface area contributed by atoms with Gasteiger partial charge in [-0.2, -0.15) is 0 Å². The molecule has 1 N–H and O–H groups in total. The molecule has 9 heteroatoms. The van der Waals surface area contributed by atoms with Gasteiger partial charge in [0, 0.05) is 34.3 Å². The quantitative estimate of drug-likeness (QED) is 0.563. The number of rotatable bonds is 5. The lowest BCUT2D eigenvalue weighted by Gasteiger charge is -2.30. The smallest absolute Gasteiger partial charge is 0.414 e. The molecule has 2 aromatic carbocycles. The molecule has 2 heterocycles. The number of halogens is 1. The molecule has 4 rings (SSSR count). The van der Waals surface area contributed by atoms with Crippen LogP contribution in [0.15, 0.2) is 47.4 Å². The van der Waals surface area contributed by atoms with Crippen molar-refractivity contribution in [2.45, 2.75) is 17.4 Å².